The number of hydrogen-bond donors (Lipinski definition) is 3. The van der Waals surface area contributed by atoms with Crippen LogP contribution in [0.2, 0.25) is 0 Å². The van der Waals surface area contributed by atoms with Crippen LogP contribution < -0.4 is 10.1 Å². The molecule has 0 unspecified atom stereocenters. The highest BCUT2D eigenvalue weighted by atomic mass is 16.5. The van der Waals surface area contributed by atoms with Gasteiger partial charge in [0.25, 0.3) is 5.91 Å². The van der Waals surface area contributed by atoms with Gasteiger partial charge in [-0.15, -0.1) is 0 Å². The molecule has 7 heteroatoms. The van der Waals surface area contributed by atoms with Gasteiger partial charge in [-0.05, 0) is 48.0 Å². The molecular weight excluding hydrogens is 366 g/mol. The summed E-state index contributed by atoms with van der Waals surface area (Å²) < 4.78 is 5.54. The molecule has 0 saturated carbocycles. The molecule has 29 heavy (non-hydrogen) atoms. The Morgan fingerprint density at radius 1 is 1.17 bits per heavy atom. The average Bonchev–Trinajstić information content (AvgIpc) is 3.45. The minimum Gasteiger partial charge on any atom is -0.493 e. The number of H-pyrrole nitrogens is 2. The van der Waals surface area contributed by atoms with Crippen molar-refractivity contribution in [2.24, 2.45) is 0 Å². The number of aromatic nitrogens is 4. The Hall–Kier alpha value is -3.61. The maximum Gasteiger partial charge on any atom is 0.273 e. The summed E-state index contributed by atoms with van der Waals surface area (Å²) in [6.45, 7) is 4.89. The Bertz CT molecular complexity index is 1220. The summed E-state index contributed by atoms with van der Waals surface area (Å²) >= 11 is 0. The molecule has 2 aromatic heterocycles. The van der Waals surface area contributed by atoms with Crippen molar-refractivity contribution in [1.82, 2.24) is 20.2 Å². The molecule has 0 bridgehead atoms. The fourth-order valence-electron chi connectivity index (χ4n) is 3.51. The number of imidazole rings is 1. The molecule has 0 atom stereocenters. The summed E-state index contributed by atoms with van der Waals surface area (Å²) in [5.74, 6) is 1.93. The van der Waals surface area contributed by atoms with Crippen LogP contribution in [0.25, 0.3) is 22.3 Å². The van der Waals surface area contributed by atoms with Crippen molar-refractivity contribution in [1.29, 1.82) is 0 Å². The zero-order valence-corrected chi connectivity index (χ0v) is 16.2. The van der Waals surface area contributed by atoms with Crippen molar-refractivity contribution in [3.63, 3.8) is 0 Å². The van der Waals surface area contributed by atoms with E-state index in [1.165, 1.54) is 5.56 Å². The molecule has 0 saturated heterocycles. The van der Waals surface area contributed by atoms with Crippen molar-refractivity contribution < 1.29 is 9.53 Å². The molecular formula is C22H21N5O2. The molecule has 4 aromatic rings. The lowest BCUT2D eigenvalue weighted by atomic mass is 10.1. The molecule has 0 fully saturated rings. The van der Waals surface area contributed by atoms with Gasteiger partial charge < -0.3 is 15.0 Å². The number of nitrogens with zero attached hydrogens (tertiary/aromatic N) is 2. The van der Waals surface area contributed by atoms with Crippen LogP contribution in [-0.4, -0.2) is 32.7 Å². The summed E-state index contributed by atoms with van der Waals surface area (Å²) in [7, 11) is 0. The standard InChI is InChI=1S/C22H21N5O2/c1-12(2)21-24-16-5-4-15(10-18(16)25-21)23-22(28)19-11-17(26-27-19)13-3-6-20-14(9-13)7-8-29-20/h3-6,9-12H,7-8H2,1-2H3,(H,23,28)(H,24,25)(H,26,27). The predicted octanol–water partition coefficient (Wildman–Crippen LogP) is 4.26. The molecule has 3 heterocycles. The maximum atomic E-state index is 12.7. The van der Waals surface area contributed by atoms with Crippen LogP contribution in [0, 0.1) is 0 Å². The second-order valence-electron chi connectivity index (χ2n) is 7.55. The fraction of sp³-hybridized carbons (Fsp3) is 0.227. The Morgan fingerprint density at radius 2 is 2.07 bits per heavy atom. The number of aromatic amines is 2. The second-order valence-corrected chi connectivity index (χ2v) is 7.55. The van der Waals surface area contributed by atoms with Gasteiger partial charge >= 0.3 is 0 Å². The fourth-order valence-corrected chi connectivity index (χ4v) is 3.51. The third-order valence-corrected chi connectivity index (χ3v) is 5.11. The van der Waals surface area contributed by atoms with E-state index in [0.29, 0.717) is 23.9 Å². The van der Waals surface area contributed by atoms with Crippen LogP contribution >= 0.6 is 0 Å². The van der Waals surface area contributed by atoms with Gasteiger partial charge in [0.05, 0.1) is 23.3 Å². The summed E-state index contributed by atoms with van der Waals surface area (Å²) in [4.78, 5) is 20.5. The van der Waals surface area contributed by atoms with Gasteiger partial charge in [0.2, 0.25) is 0 Å². The molecule has 1 aliphatic rings. The molecule has 0 aliphatic carbocycles. The van der Waals surface area contributed by atoms with E-state index in [4.69, 9.17) is 4.74 Å². The van der Waals surface area contributed by atoms with Crippen molar-refractivity contribution in [3.05, 3.63) is 59.5 Å². The molecule has 5 rings (SSSR count). The zero-order valence-electron chi connectivity index (χ0n) is 16.2. The zero-order chi connectivity index (χ0) is 20.0. The highest BCUT2D eigenvalue weighted by molar-refractivity contribution is 6.04. The number of anilines is 1. The van der Waals surface area contributed by atoms with Crippen molar-refractivity contribution in [3.8, 4) is 17.0 Å². The maximum absolute atomic E-state index is 12.7. The van der Waals surface area contributed by atoms with E-state index in [1.54, 1.807) is 6.07 Å². The van der Waals surface area contributed by atoms with Crippen LogP contribution in [0.5, 0.6) is 5.75 Å². The Kier molecular flexibility index (Phi) is 4.08. The Balaban J connectivity index is 1.35. The molecule has 1 aliphatic heterocycles. The van der Waals surface area contributed by atoms with E-state index in [1.807, 2.05) is 30.3 Å². The number of fused-ring (bicyclic) bond motifs is 2. The number of nitrogens with one attached hydrogen (secondary N) is 3. The summed E-state index contributed by atoms with van der Waals surface area (Å²) in [5.41, 5.74) is 5.76. The molecule has 146 valence electrons. The monoisotopic (exact) mass is 387 g/mol. The summed E-state index contributed by atoms with van der Waals surface area (Å²) in [5, 5.41) is 10.1. The van der Waals surface area contributed by atoms with E-state index in [9.17, 15) is 4.79 Å². The van der Waals surface area contributed by atoms with E-state index in [0.717, 1.165) is 40.3 Å². The van der Waals surface area contributed by atoms with Crippen LogP contribution in [-0.2, 0) is 6.42 Å². The van der Waals surface area contributed by atoms with Crippen LogP contribution in [0.15, 0.2) is 42.5 Å². The molecule has 7 nitrogen and oxygen atoms in total. The average molecular weight is 387 g/mol. The first-order valence-electron chi connectivity index (χ1n) is 9.69. The number of carbonyl (C=O) groups excluding carboxylic acids is 1. The Labute approximate surface area is 167 Å². The summed E-state index contributed by atoms with van der Waals surface area (Å²) in [6, 6.07) is 13.4. The number of rotatable bonds is 4. The van der Waals surface area contributed by atoms with E-state index in [2.05, 4.69) is 45.4 Å². The van der Waals surface area contributed by atoms with Crippen LogP contribution in [0.4, 0.5) is 5.69 Å². The lowest BCUT2D eigenvalue weighted by molar-refractivity contribution is 0.102. The highest BCUT2D eigenvalue weighted by Gasteiger charge is 2.16. The van der Waals surface area contributed by atoms with Crippen LogP contribution in [0.3, 0.4) is 0 Å². The number of benzene rings is 2. The van der Waals surface area contributed by atoms with E-state index < -0.39 is 0 Å². The quantitative estimate of drug-likeness (QED) is 0.487. The van der Waals surface area contributed by atoms with Gasteiger partial charge in [0.15, 0.2) is 0 Å². The minimum absolute atomic E-state index is 0.240. The van der Waals surface area contributed by atoms with Crippen LogP contribution in [0.1, 0.15) is 41.6 Å². The van der Waals surface area contributed by atoms with Gasteiger partial charge in [0, 0.05) is 23.6 Å². The molecule has 2 aromatic carbocycles. The largest absolute Gasteiger partial charge is 0.493 e. The van der Waals surface area contributed by atoms with Crippen molar-refractivity contribution >= 4 is 22.6 Å². The lowest BCUT2D eigenvalue weighted by Gasteiger charge is -2.03. The number of ether oxygens (including phenoxy) is 1. The second kappa shape index (κ2) is 6.77. The molecule has 1 amide bonds. The normalized spacial score (nSPS) is 12.9. The highest BCUT2D eigenvalue weighted by Crippen LogP contribution is 2.30. The third-order valence-electron chi connectivity index (χ3n) is 5.11. The number of hydrogen-bond acceptors (Lipinski definition) is 4. The van der Waals surface area contributed by atoms with E-state index >= 15 is 0 Å². The van der Waals surface area contributed by atoms with Gasteiger partial charge in [-0.3, -0.25) is 9.89 Å². The SMILES string of the molecule is CC(C)c1nc2ccc(NC(=O)c3cc(-c4ccc5c(c4)CCO5)n[nH]3)cc2[nH]1. The third kappa shape index (κ3) is 3.24. The van der Waals surface area contributed by atoms with Crippen molar-refractivity contribution in [2.45, 2.75) is 26.2 Å². The lowest BCUT2D eigenvalue weighted by Crippen LogP contribution is -2.12. The molecule has 3 N–H and O–H groups in total. The number of carbonyl (C=O) groups is 1. The topological polar surface area (TPSA) is 95.7 Å². The number of amides is 1. The first kappa shape index (κ1) is 17.5. The van der Waals surface area contributed by atoms with Crippen molar-refractivity contribution in [2.75, 3.05) is 11.9 Å². The van der Waals surface area contributed by atoms with Gasteiger partial charge in [-0.2, -0.15) is 5.10 Å². The molecule has 0 spiro atoms. The van der Waals surface area contributed by atoms with Gasteiger partial charge in [-0.25, -0.2) is 4.98 Å². The van der Waals surface area contributed by atoms with Gasteiger partial charge in [-0.1, -0.05) is 13.8 Å². The summed E-state index contributed by atoms with van der Waals surface area (Å²) in [6.07, 6.45) is 0.898. The minimum atomic E-state index is -0.240. The first-order valence-corrected chi connectivity index (χ1v) is 9.69. The smallest absolute Gasteiger partial charge is 0.273 e. The predicted molar refractivity (Wildman–Crippen MR) is 111 cm³/mol. The Morgan fingerprint density at radius 3 is 2.93 bits per heavy atom. The van der Waals surface area contributed by atoms with E-state index in [-0.39, 0.29) is 5.91 Å². The van der Waals surface area contributed by atoms with Gasteiger partial charge in [0.1, 0.15) is 17.3 Å². The molecule has 0 radical (unpaired) electrons. The first-order chi connectivity index (χ1) is 14.1.